The molecule has 0 bridgehead atoms. The van der Waals surface area contributed by atoms with E-state index in [1.165, 1.54) is 29.7 Å². The Morgan fingerprint density at radius 1 is 1.35 bits per heavy atom. The van der Waals surface area contributed by atoms with Crippen molar-refractivity contribution in [3.05, 3.63) is 39.7 Å². The van der Waals surface area contributed by atoms with Gasteiger partial charge in [0.15, 0.2) is 0 Å². The molecule has 5 nitrogen and oxygen atoms in total. The lowest BCUT2D eigenvalue weighted by Crippen LogP contribution is -2.26. The fourth-order valence-corrected chi connectivity index (χ4v) is 3.72. The molecule has 0 aliphatic heterocycles. The highest BCUT2D eigenvalue weighted by Crippen LogP contribution is 2.21. The van der Waals surface area contributed by atoms with Crippen molar-refractivity contribution >= 4 is 38.8 Å². The van der Waals surface area contributed by atoms with Crippen LogP contribution in [0.3, 0.4) is 0 Å². The molecule has 8 heteroatoms. The van der Waals surface area contributed by atoms with Gasteiger partial charge in [-0.15, -0.1) is 11.3 Å². The van der Waals surface area contributed by atoms with Crippen molar-refractivity contribution in [3.63, 3.8) is 0 Å². The van der Waals surface area contributed by atoms with Crippen molar-refractivity contribution in [1.82, 2.24) is 9.71 Å². The van der Waals surface area contributed by atoms with Crippen molar-refractivity contribution in [2.75, 3.05) is 18.9 Å². The van der Waals surface area contributed by atoms with E-state index in [0.717, 1.165) is 4.88 Å². The van der Waals surface area contributed by atoms with Crippen LogP contribution in [0.1, 0.15) is 4.88 Å². The van der Waals surface area contributed by atoms with E-state index in [9.17, 15) is 8.42 Å². The maximum Gasteiger partial charge on any atom is 0.240 e. The van der Waals surface area contributed by atoms with Gasteiger partial charge in [-0.1, -0.05) is 11.6 Å². The highest BCUT2D eigenvalue weighted by Gasteiger charge is 2.14. The van der Waals surface area contributed by atoms with Crippen LogP contribution in [-0.4, -0.2) is 27.0 Å². The number of thiophene rings is 1. The molecule has 2 heterocycles. The van der Waals surface area contributed by atoms with Gasteiger partial charge in [0.25, 0.3) is 0 Å². The molecule has 0 unspecified atom stereocenters. The summed E-state index contributed by atoms with van der Waals surface area (Å²) in [7, 11) is -1.83. The molecule has 0 aliphatic carbocycles. The zero-order chi connectivity index (χ0) is 14.6. The Morgan fingerprint density at radius 3 is 2.80 bits per heavy atom. The Morgan fingerprint density at radius 2 is 2.15 bits per heavy atom. The van der Waals surface area contributed by atoms with Crippen LogP contribution in [-0.2, 0) is 16.4 Å². The van der Waals surface area contributed by atoms with Crippen LogP contribution in [0.15, 0.2) is 35.4 Å². The third-order valence-electron chi connectivity index (χ3n) is 2.59. The number of anilines is 1. The molecular formula is C12H14ClN3O2S2. The monoisotopic (exact) mass is 331 g/mol. The molecule has 2 rings (SSSR count). The van der Waals surface area contributed by atoms with Gasteiger partial charge in [0.05, 0.1) is 9.23 Å². The molecule has 0 atom stereocenters. The number of hydrogen-bond acceptors (Lipinski definition) is 5. The first-order valence-electron chi connectivity index (χ1n) is 5.89. The lowest BCUT2D eigenvalue weighted by molar-refractivity contribution is 0.581. The summed E-state index contributed by atoms with van der Waals surface area (Å²) in [5.41, 5.74) is 0. The van der Waals surface area contributed by atoms with E-state index in [0.29, 0.717) is 23.1 Å². The molecule has 0 aliphatic rings. The van der Waals surface area contributed by atoms with Crippen LogP contribution in [0.25, 0.3) is 0 Å². The lowest BCUT2D eigenvalue weighted by atomic mass is 10.3. The molecule has 0 spiro atoms. The van der Waals surface area contributed by atoms with Crippen LogP contribution < -0.4 is 10.0 Å². The van der Waals surface area contributed by atoms with E-state index in [1.54, 1.807) is 13.1 Å². The summed E-state index contributed by atoms with van der Waals surface area (Å²) in [5, 5.41) is 2.81. The smallest absolute Gasteiger partial charge is 0.240 e. The Labute approximate surface area is 127 Å². The van der Waals surface area contributed by atoms with E-state index in [4.69, 9.17) is 11.6 Å². The van der Waals surface area contributed by atoms with Gasteiger partial charge in [0.2, 0.25) is 10.0 Å². The summed E-state index contributed by atoms with van der Waals surface area (Å²) >= 11 is 7.28. The van der Waals surface area contributed by atoms with Gasteiger partial charge < -0.3 is 5.32 Å². The minimum absolute atomic E-state index is 0.195. The number of hydrogen-bond donors (Lipinski definition) is 2. The number of rotatable bonds is 6. The first-order valence-corrected chi connectivity index (χ1v) is 8.57. The fraction of sp³-hybridized carbons (Fsp3) is 0.250. The lowest BCUT2D eigenvalue weighted by Gasteiger charge is -2.07. The second-order valence-corrected chi connectivity index (χ2v) is 7.55. The van der Waals surface area contributed by atoms with E-state index in [1.807, 2.05) is 6.07 Å². The average molecular weight is 332 g/mol. The Balaban J connectivity index is 2.00. The van der Waals surface area contributed by atoms with E-state index >= 15 is 0 Å². The summed E-state index contributed by atoms with van der Waals surface area (Å²) in [6.45, 7) is 0.330. The zero-order valence-electron chi connectivity index (χ0n) is 10.8. The maximum absolute atomic E-state index is 12.1. The van der Waals surface area contributed by atoms with Gasteiger partial charge in [-0.2, -0.15) is 0 Å². The largest absolute Gasteiger partial charge is 0.373 e. The number of nitrogens with zero attached hydrogens (tertiary/aromatic N) is 1. The van der Waals surface area contributed by atoms with Crippen molar-refractivity contribution in [3.8, 4) is 0 Å². The van der Waals surface area contributed by atoms with Crippen LogP contribution in [0.5, 0.6) is 0 Å². The van der Waals surface area contributed by atoms with Crippen LogP contribution in [0.4, 0.5) is 5.82 Å². The van der Waals surface area contributed by atoms with Crippen molar-refractivity contribution in [2.45, 2.75) is 11.3 Å². The molecule has 2 aromatic rings. The summed E-state index contributed by atoms with van der Waals surface area (Å²) in [4.78, 5) is 5.23. The topological polar surface area (TPSA) is 71.1 Å². The average Bonchev–Trinajstić information content (AvgIpc) is 2.84. The molecule has 20 heavy (non-hydrogen) atoms. The van der Waals surface area contributed by atoms with Crippen molar-refractivity contribution in [2.24, 2.45) is 0 Å². The summed E-state index contributed by atoms with van der Waals surface area (Å²) in [6, 6.07) is 6.65. The van der Waals surface area contributed by atoms with Crippen LogP contribution >= 0.6 is 22.9 Å². The highest BCUT2D eigenvalue weighted by molar-refractivity contribution is 7.89. The van der Waals surface area contributed by atoms with Crippen molar-refractivity contribution in [1.29, 1.82) is 0 Å². The number of aromatic nitrogens is 1. The minimum atomic E-state index is -3.51. The molecule has 0 aromatic carbocycles. The fourth-order valence-electron chi connectivity index (χ4n) is 1.59. The Bertz CT molecular complexity index is 686. The zero-order valence-corrected chi connectivity index (χ0v) is 13.1. The van der Waals surface area contributed by atoms with Gasteiger partial charge in [-0.3, -0.25) is 0 Å². The summed E-state index contributed by atoms with van der Waals surface area (Å²) in [6.07, 6.45) is 2.07. The predicted octanol–water partition coefficient (Wildman–Crippen LogP) is 2.36. The first-order chi connectivity index (χ1) is 9.51. The van der Waals surface area contributed by atoms with E-state index in [2.05, 4.69) is 15.0 Å². The molecule has 0 fully saturated rings. The number of sulfonamides is 1. The van der Waals surface area contributed by atoms with Crippen LogP contribution in [0, 0.1) is 0 Å². The molecule has 108 valence electrons. The molecule has 0 radical (unpaired) electrons. The molecular weight excluding hydrogens is 318 g/mol. The second-order valence-electron chi connectivity index (χ2n) is 3.98. The first kappa shape index (κ1) is 15.2. The van der Waals surface area contributed by atoms with Gasteiger partial charge in [-0.25, -0.2) is 18.1 Å². The number of halogens is 1. The van der Waals surface area contributed by atoms with Gasteiger partial charge in [0, 0.05) is 30.7 Å². The number of pyridine rings is 1. The molecule has 0 amide bonds. The third-order valence-corrected chi connectivity index (χ3v) is 5.34. The molecule has 2 aromatic heterocycles. The molecule has 0 saturated heterocycles. The Kier molecular flexibility index (Phi) is 4.98. The minimum Gasteiger partial charge on any atom is -0.373 e. The standard InChI is InChI=1S/C12H14ClN3O2S2/c1-14-12-8-10(5-6-15-12)20(17,18)16-7-4-9-2-3-11(13)19-9/h2-3,5-6,8,16H,4,7H2,1H3,(H,14,15). The third kappa shape index (κ3) is 3.92. The van der Waals surface area contributed by atoms with E-state index < -0.39 is 10.0 Å². The molecule has 2 N–H and O–H groups in total. The molecule has 0 saturated carbocycles. The Hall–Kier alpha value is -1.15. The SMILES string of the molecule is CNc1cc(S(=O)(=O)NCCc2ccc(Cl)s2)ccn1. The summed E-state index contributed by atoms with van der Waals surface area (Å²) in [5.74, 6) is 0.512. The van der Waals surface area contributed by atoms with Gasteiger partial charge in [0.1, 0.15) is 5.82 Å². The van der Waals surface area contributed by atoms with Gasteiger partial charge in [-0.05, 0) is 24.6 Å². The quantitative estimate of drug-likeness (QED) is 0.852. The maximum atomic E-state index is 12.1. The van der Waals surface area contributed by atoms with Crippen molar-refractivity contribution < 1.29 is 8.42 Å². The van der Waals surface area contributed by atoms with Gasteiger partial charge >= 0.3 is 0 Å². The predicted molar refractivity (Wildman–Crippen MR) is 82.0 cm³/mol. The summed E-state index contributed by atoms with van der Waals surface area (Å²) < 4.78 is 27.5. The highest BCUT2D eigenvalue weighted by atomic mass is 35.5. The van der Waals surface area contributed by atoms with Crippen LogP contribution in [0.2, 0.25) is 4.34 Å². The number of nitrogens with one attached hydrogen (secondary N) is 2. The second kappa shape index (κ2) is 6.53. The van der Waals surface area contributed by atoms with E-state index in [-0.39, 0.29) is 4.90 Å². The normalized spacial score (nSPS) is 11.5.